The van der Waals surface area contributed by atoms with Crippen molar-refractivity contribution in [1.29, 1.82) is 0 Å². The molecule has 0 aromatic heterocycles. The highest BCUT2D eigenvalue weighted by atomic mass is 19.4. The van der Waals surface area contributed by atoms with Crippen molar-refractivity contribution in [3.63, 3.8) is 0 Å². The minimum Gasteiger partial charge on any atom is -0.494 e. The third-order valence-electron chi connectivity index (χ3n) is 6.49. The Bertz CT molecular complexity index is 1090. The van der Waals surface area contributed by atoms with E-state index in [0.29, 0.717) is 12.2 Å². The van der Waals surface area contributed by atoms with Crippen molar-refractivity contribution in [2.24, 2.45) is 5.92 Å². The van der Waals surface area contributed by atoms with Gasteiger partial charge in [0.05, 0.1) is 19.3 Å². The summed E-state index contributed by atoms with van der Waals surface area (Å²) >= 11 is 0. The molecule has 2 rings (SSSR count). The summed E-state index contributed by atoms with van der Waals surface area (Å²) in [4.78, 5) is 0. The summed E-state index contributed by atoms with van der Waals surface area (Å²) in [6, 6.07) is 5.13. The van der Waals surface area contributed by atoms with Gasteiger partial charge in [0.25, 0.3) is 0 Å². The van der Waals surface area contributed by atoms with Gasteiger partial charge in [-0.3, -0.25) is 0 Å². The smallest absolute Gasteiger partial charge is 0.460 e. The fourth-order valence-electron chi connectivity index (χ4n) is 3.48. The summed E-state index contributed by atoms with van der Waals surface area (Å²) in [5.74, 6) is -56.4. The summed E-state index contributed by atoms with van der Waals surface area (Å²) in [5, 5.41) is 0. The quantitative estimate of drug-likeness (QED) is 0.165. The number of ether oxygens (including phenoxy) is 3. The first-order valence-electron chi connectivity index (χ1n) is 11.8. The predicted molar refractivity (Wildman–Crippen MR) is 110 cm³/mol. The van der Waals surface area contributed by atoms with Crippen LogP contribution in [0.2, 0.25) is 0 Å². The SMILES string of the molecule is C[C@@H]1CO[C@H](c2ccc(OCCCC(F)(F)C(F)(F)C(F)(F)C(F)(F)C(F)(F)C(F)(F)C(F)(F)C(F)(F)F)cc2)O[C@@H]1C. The maximum absolute atomic E-state index is 14.0. The minimum absolute atomic E-state index is 0.0760. The first-order valence-corrected chi connectivity index (χ1v) is 11.8. The lowest BCUT2D eigenvalue weighted by Crippen LogP contribution is -2.74. The second-order valence-corrected chi connectivity index (χ2v) is 9.65. The van der Waals surface area contributed by atoms with Crippen LogP contribution in [0, 0.1) is 5.92 Å². The van der Waals surface area contributed by atoms with Crippen LogP contribution in [0.1, 0.15) is 38.5 Å². The van der Waals surface area contributed by atoms with Gasteiger partial charge in [-0.15, -0.1) is 0 Å². The standard InChI is InChI=1S/C23H21F17O3/c1-11-10-42-15(43-12(11)2)13-4-6-14(7-5-13)41-9-3-8-16(24,25)17(26,27)18(28,29)19(30,31)20(32,33)21(34,35)22(36,37)23(38,39)40/h4-7,11-12,15H,3,8-10H2,1-2H3/t11-,12-,15+/m1/s1. The van der Waals surface area contributed by atoms with Crippen molar-refractivity contribution in [1.82, 2.24) is 0 Å². The van der Waals surface area contributed by atoms with Crippen LogP contribution in [-0.4, -0.2) is 67.0 Å². The molecule has 0 bridgehead atoms. The molecule has 20 heteroatoms. The van der Waals surface area contributed by atoms with Crippen molar-refractivity contribution >= 4 is 0 Å². The molecule has 250 valence electrons. The molecule has 1 aromatic carbocycles. The minimum atomic E-state index is -8.64. The highest BCUT2D eigenvalue weighted by Crippen LogP contribution is 2.64. The molecule has 0 N–H and O–H groups in total. The van der Waals surface area contributed by atoms with E-state index in [0.717, 1.165) is 0 Å². The first-order chi connectivity index (χ1) is 19.1. The molecule has 0 unspecified atom stereocenters. The Morgan fingerprint density at radius 2 is 1.09 bits per heavy atom. The lowest BCUT2D eigenvalue weighted by molar-refractivity contribution is -0.461. The zero-order chi connectivity index (χ0) is 33.7. The number of hydrogen-bond donors (Lipinski definition) is 0. The van der Waals surface area contributed by atoms with E-state index in [9.17, 15) is 74.6 Å². The molecule has 3 atom stereocenters. The third kappa shape index (κ3) is 6.18. The number of halogens is 17. The second kappa shape index (κ2) is 11.6. The Morgan fingerprint density at radius 3 is 1.53 bits per heavy atom. The molecule has 0 saturated carbocycles. The molecule has 0 radical (unpaired) electrons. The van der Waals surface area contributed by atoms with E-state index >= 15 is 0 Å². The maximum atomic E-state index is 14.0. The van der Waals surface area contributed by atoms with E-state index in [1.54, 1.807) is 6.92 Å². The van der Waals surface area contributed by atoms with E-state index < -0.39 is 73.4 Å². The molecule has 0 spiro atoms. The fourth-order valence-corrected chi connectivity index (χ4v) is 3.48. The Kier molecular flexibility index (Phi) is 9.96. The van der Waals surface area contributed by atoms with Crippen LogP contribution in [0.4, 0.5) is 74.6 Å². The zero-order valence-corrected chi connectivity index (χ0v) is 21.5. The second-order valence-electron chi connectivity index (χ2n) is 9.65. The fraction of sp³-hybridized carbons (Fsp3) is 0.739. The lowest BCUT2D eigenvalue weighted by Gasteiger charge is -2.42. The predicted octanol–water partition coefficient (Wildman–Crippen LogP) is 8.93. The third-order valence-corrected chi connectivity index (χ3v) is 6.49. The average molecular weight is 668 g/mol. The molecule has 0 aliphatic carbocycles. The van der Waals surface area contributed by atoms with Gasteiger partial charge >= 0.3 is 47.6 Å². The number of benzene rings is 1. The Labute approximate surface area is 231 Å². The number of rotatable bonds is 12. The summed E-state index contributed by atoms with van der Waals surface area (Å²) in [6.07, 6.45) is -12.7. The lowest BCUT2D eigenvalue weighted by atomic mass is 9.88. The van der Waals surface area contributed by atoms with E-state index in [1.807, 2.05) is 6.92 Å². The zero-order valence-electron chi connectivity index (χ0n) is 21.5. The van der Waals surface area contributed by atoms with Crippen LogP contribution < -0.4 is 4.74 Å². The van der Waals surface area contributed by atoms with Gasteiger partial charge in [-0.2, -0.15) is 74.6 Å². The Morgan fingerprint density at radius 1 is 0.651 bits per heavy atom. The van der Waals surface area contributed by atoms with Crippen LogP contribution in [0.3, 0.4) is 0 Å². The molecule has 1 fully saturated rings. The van der Waals surface area contributed by atoms with Crippen LogP contribution in [0.5, 0.6) is 5.75 Å². The molecule has 1 aromatic rings. The first kappa shape index (κ1) is 36.9. The highest BCUT2D eigenvalue weighted by molar-refractivity contribution is 5.28. The summed E-state index contributed by atoms with van der Waals surface area (Å²) in [7, 11) is 0. The largest absolute Gasteiger partial charge is 0.494 e. The molecular weight excluding hydrogens is 647 g/mol. The van der Waals surface area contributed by atoms with Crippen LogP contribution >= 0.6 is 0 Å². The van der Waals surface area contributed by atoms with Gasteiger partial charge in [0.2, 0.25) is 0 Å². The number of alkyl halides is 17. The highest BCUT2D eigenvalue weighted by Gasteiger charge is 2.95. The van der Waals surface area contributed by atoms with Crippen LogP contribution in [-0.2, 0) is 9.47 Å². The Hall–Kier alpha value is -2.25. The van der Waals surface area contributed by atoms with E-state index in [1.165, 1.54) is 24.3 Å². The van der Waals surface area contributed by atoms with Crippen molar-refractivity contribution in [2.75, 3.05) is 13.2 Å². The van der Waals surface area contributed by atoms with Gasteiger partial charge in [-0.05, 0) is 25.5 Å². The number of hydrogen-bond acceptors (Lipinski definition) is 3. The van der Waals surface area contributed by atoms with Gasteiger partial charge in [0.1, 0.15) is 5.75 Å². The summed E-state index contributed by atoms with van der Waals surface area (Å²) in [6.45, 7) is 2.96. The molecule has 1 aliphatic rings. The van der Waals surface area contributed by atoms with Crippen molar-refractivity contribution in [3.8, 4) is 5.75 Å². The molecule has 43 heavy (non-hydrogen) atoms. The van der Waals surface area contributed by atoms with Gasteiger partial charge < -0.3 is 14.2 Å². The van der Waals surface area contributed by atoms with Crippen molar-refractivity contribution in [3.05, 3.63) is 29.8 Å². The summed E-state index contributed by atoms with van der Waals surface area (Å²) < 4.78 is 242. The maximum Gasteiger partial charge on any atom is 0.460 e. The normalized spacial score (nSPS) is 22.1. The Balaban J connectivity index is 2.14. The molecule has 1 aliphatic heterocycles. The molecule has 3 nitrogen and oxygen atoms in total. The van der Waals surface area contributed by atoms with Crippen molar-refractivity contribution < 1.29 is 88.8 Å². The topological polar surface area (TPSA) is 27.7 Å². The molecule has 0 amide bonds. The van der Waals surface area contributed by atoms with Gasteiger partial charge in [0.15, 0.2) is 6.29 Å². The van der Waals surface area contributed by atoms with Gasteiger partial charge in [-0.25, -0.2) is 0 Å². The van der Waals surface area contributed by atoms with Gasteiger partial charge in [-0.1, -0.05) is 19.1 Å². The van der Waals surface area contributed by atoms with E-state index in [2.05, 4.69) is 0 Å². The average Bonchev–Trinajstić information content (AvgIpc) is 2.87. The monoisotopic (exact) mass is 668 g/mol. The van der Waals surface area contributed by atoms with Crippen LogP contribution in [0.25, 0.3) is 0 Å². The molecular formula is C23H21F17O3. The van der Waals surface area contributed by atoms with E-state index in [4.69, 9.17) is 14.2 Å². The van der Waals surface area contributed by atoms with E-state index in [-0.39, 0.29) is 17.8 Å². The molecule has 1 saturated heterocycles. The summed E-state index contributed by atoms with van der Waals surface area (Å²) in [5.41, 5.74) is 0.454. The molecule has 1 heterocycles. The van der Waals surface area contributed by atoms with Crippen molar-refractivity contribution in [2.45, 2.75) is 86.7 Å². The van der Waals surface area contributed by atoms with Gasteiger partial charge in [0, 0.05) is 17.9 Å². The van der Waals surface area contributed by atoms with Crippen LogP contribution in [0.15, 0.2) is 24.3 Å².